The zero-order valence-electron chi connectivity index (χ0n) is 13.0. The Kier molecular flexibility index (Phi) is 5.12. The summed E-state index contributed by atoms with van der Waals surface area (Å²) < 4.78 is 15.6. The van der Waals surface area contributed by atoms with Gasteiger partial charge in [-0.25, -0.2) is 4.39 Å². The number of nitrogens with zero attached hydrogens (tertiary/aromatic N) is 2. The second-order valence-electron chi connectivity index (χ2n) is 5.35. The number of rotatable bonds is 6. The summed E-state index contributed by atoms with van der Waals surface area (Å²) in [6.07, 6.45) is 2.58. The smallest absolute Gasteiger partial charge is 0.123 e. The summed E-state index contributed by atoms with van der Waals surface area (Å²) in [6.45, 7) is 6.24. The SMILES string of the molecule is CCc1cc(CC)n(C(c2cccc(F)c2)C(N)CC)n1. The number of aromatic nitrogens is 2. The molecule has 0 bridgehead atoms. The van der Waals surface area contributed by atoms with Crippen LogP contribution in [-0.4, -0.2) is 15.8 Å². The molecule has 2 aromatic rings. The van der Waals surface area contributed by atoms with E-state index in [-0.39, 0.29) is 17.9 Å². The Balaban J connectivity index is 2.52. The Morgan fingerprint density at radius 3 is 2.52 bits per heavy atom. The highest BCUT2D eigenvalue weighted by atomic mass is 19.1. The molecular weight excluding hydrogens is 265 g/mol. The van der Waals surface area contributed by atoms with Gasteiger partial charge in [0.15, 0.2) is 0 Å². The minimum Gasteiger partial charge on any atom is -0.326 e. The van der Waals surface area contributed by atoms with Crippen LogP contribution < -0.4 is 5.73 Å². The van der Waals surface area contributed by atoms with Gasteiger partial charge in [0, 0.05) is 11.7 Å². The maximum absolute atomic E-state index is 13.6. The van der Waals surface area contributed by atoms with Gasteiger partial charge in [-0.1, -0.05) is 32.9 Å². The van der Waals surface area contributed by atoms with Crippen molar-refractivity contribution in [1.29, 1.82) is 0 Å². The van der Waals surface area contributed by atoms with Crippen LogP contribution in [0.5, 0.6) is 0 Å². The third kappa shape index (κ3) is 3.32. The fraction of sp³-hybridized carbons (Fsp3) is 0.471. The largest absolute Gasteiger partial charge is 0.326 e. The van der Waals surface area contributed by atoms with Gasteiger partial charge >= 0.3 is 0 Å². The molecule has 2 rings (SSSR count). The first-order valence-electron chi connectivity index (χ1n) is 7.69. The lowest BCUT2D eigenvalue weighted by Crippen LogP contribution is -2.34. The van der Waals surface area contributed by atoms with Crippen molar-refractivity contribution in [2.75, 3.05) is 0 Å². The maximum atomic E-state index is 13.6. The second-order valence-corrected chi connectivity index (χ2v) is 5.35. The molecule has 0 amide bonds. The van der Waals surface area contributed by atoms with E-state index in [1.54, 1.807) is 12.1 Å². The molecule has 0 saturated carbocycles. The summed E-state index contributed by atoms with van der Waals surface area (Å²) in [5.74, 6) is -0.235. The van der Waals surface area contributed by atoms with E-state index >= 15 is 0 Å². The molecule has 0 saturated heterocycles. The lowest BCUT2D eigenvalue weighted by atomic mass is 9.97. The Morgan fingerprint density at radius 2 is 1.95 bits per heavy atom. The number of halogens is 1. The molecule has 1 aromatic heterocycles. The molecule has 2 atom stereocenters. The molecule has 1 aromatic carbocycles. The number of hydrogen-bond donors (Lipinski definition) is 1. The third-order valence-corrected chi connectivity index (χ3v) is 3.92. The summed E-state index contributed by atoms with van der Waals surface area (Å²) in [6, 6.07) is 8.58. The minimum atomic E-state index is -0.235. The van der Waals surface area contributed by atoms with Crippen LogP contribution in [0.2, 0.25) is 0 Å². The second kappa shape index (κ2) is 6.85. The molecule has 0 aliphatic heterocycles. The van der Waals surface area contributed by atoms with E-state index in [1.807, 2.05) is 17.7 Å². The highest BCUT2D eigenvalue weighted by Crippen LogP contribution is 2.25. The van der Waals surface area contributed by atoms with Crippen LogP contribution in [0.4, 0.5) is 4.39 Å². The van der Waals surface area contributed by atoms with Crippen LogP contribution in [0.25, 0.3) is 0 Å². The minimum absolute atomic E-state index is 0.0956. The van der Waals surface area contributed by atoms with E-state index < -0.39 is 0 Å². The first kappa shape index (κ1) is 15.7. The average molecular weight is 289 g/mol. The van der Waals surface area contributed by atoms with E-state index in [0.29, 0.717) is 0 Å². The predicted molar refractivity (Wildman–Crippen MR) is 83.8 cm³/mol. The van der Waals surface area contributed by atoms with Crippen LogP contribution >= 0.6 is 0 Å². The van der Waals surface area contributed by atoms with Crippen LogP contribution in [0.1, 0.15) is 50.2 Å². The van der Waals surface area contributed by atoms with E-state index in [4.69, 9.17) is 5.73 Å². The van der Waals surface area contributed by atoms with Crippen molar-refractivity contribution >= 4 is 0 Å². The number of hydrogen-bond acceptors (Lipinski definition) is 2. The third-order valence-electron chi connectivity index (χ3n) is 3.92. The Hall–Kier alpha value is -1.68. The number of benzene rings is 1. The molecule has 0 aliphatic rings. The number of nitrogens with two attached hydrogens (primary N) is 1. The van der Waals surface area contributed by atoms with Crippen LogP contribution in [-0.2, 0) is 12.8 Å². The molecule has 0 aliphatic carbocycles. The predicted octanol–water partition coefficient (Wildman–Crippen LogP) is 3.47. The molecule has 21 heavy (non-hydrogen) atoms. The summed E-state index contributed by atoms with van der Waals surface area (Å²) in [4.78, 5) is 0. The monoisotopic (exact) mass is 289 g/mol. The topological polar surface area (TPSA) is 43.8 Å². The molecule has 3 nitrogen and oxygen atoms in total. The lowest BCUT2D eigenvalue weighted by Gasteiger charge is -2.26. The van der Waals surface area contributed by atoms with Gasteiger partial charge in [0.05, 0.1) is 11.7 Å². The summed E-state index contributed by atoms with van der Waals surface area (Å²) in [5.41, 5.74) is 9.40. The standard InChI is InChI=1S/C17H24FN3/c1-4-14-11-15(5-2)21(20-14)17(16(19)6-3)12-8-7-9-13(18)10-12/h7-11,16-17H,4-6,19H2,1-3H3. The summed E-state index contributed by atoms with van der Waals surface area (Å²) in [5, 5.41) is 4.69. The van der Waals surface area contributed by atoms with Crippen molar-refractivity contribution < 1.29 is 4.39 Å². The van der Waals surface area contributed by atoms with Crippen molar-refractivity contribution in [2.45, 2.75) is 52.1 Å². The van der Waals surface area contributed by atoms with Crippen LogP contribution in [0.3, 0.4) is 0 Å². The van der Waals surface area contributed by atoms with Gasteiger partial charge in [-0.15, -0.1) is 0 Å². The van der Waals surface area contributed by atoms with Gasteiger partial charge in [-0.3, -0.25) is 4.68 Å². The van der Waals surface area contributed by atoms with E-state index in [1.165, 1.54) is 6.07 Å². The quantitative estimate of drug-likeness (QED) is 0.885. The highest BCUT2D eigenvalue weighted by molar-refractivity contribution is 5.24. The van der Waals surface area contributed by atoms with Gasteiger partial charge in [-0.05, 0) is 43.0 Å². The molecule has 1 heterocycles. The molecule has 0 spiro atoms. The average Bonchev–Trinajstić information content (AvgIpc) is 2.90. The van der Waals surface area contributed by atoms with Gasteiger partial charge in [0.2, 0.25) is 0 Å². The zero-order valence-corrected chi connectivity index (χ0v) is 13.0. The molecule has 2 unspecified atom stereocenters. The summed E-state index contributed by atoms with van der Waals surface area (Å²) >= 11 is 0. The zero-order chi connectivity index (χ0) is 15.4. The van der Waals surface area contributed by atoms with Gasteiger partial charge < -0.3 is 5.73 Å². The lowest BCUT2D eigenvalue weighted by molar-refractivity contribution is 0.409. The van der Waals surface area contributed by atoms with Gasteiger partial charge in [0.1, 0.15) is 5.82 Å². The van der Waals surface area contributed by atoms with Crippen molar-refractivity contribution in [1.82, 2.24) is 9.78 Å². The van der Waals surface area contributed by atoms with Crippen molar-refractivity contribution in [3.05, 3.63) is 53.1 Å². The Morgan fingerprint density at radius 1 is 1.19 bits per heavy atom. The highest BCUT2D eigenvalue weighted by Gasteiger charge is 2.24. The molecule has 0 fully saturated rings. The Labute approximate surface area is 126 Å². The summed E-state index contributed by atoms with van der Waals surface area (Å²) in [7, 11) is 0. The van der Waals surface area contributed by atoms with Crippen molar-refractivity contribution in [3.63, 3.8) is 0 Å². The van der Waals surface area contributed by atoms with E-state index in [9.17, 15) is 4.39 Å². The van der Waals surface area contributed by atoms with Crippen molar-refractivity contribution in [3.8, 4) is 0 Å². The fourth-order valence-electron chi connectivity index (χ4n) is 2.65. The molecule has 114 valence electrons. The molecule has 2 N–H and O–H groups in total. The number of aryl methyl sites for hydroxylation is 2. The fourth-order valence-corrected chi connectivity index (χ4v) is 2.65. The van der Waals surface area contributed by atoms with Crippen molar-refractivity contribution in [2.24, 2.45) is 5.73 Å². The Bertz CT molecular complexity index is 591. The molecule has 4 heteroatoms. The van der Waals surface area contributed by atoms with Crippen LogP contribution in [0, 0.1) is 5.82 Å². The van der Waals surface area contributed by atoms with E-state index in [2.05, 4.69) is 25.0 Å². The van der Waals surface area contributed by atoms with Gasteiger partial charge in [0.25, 0.3) is 0 Å². The maximum Gasteiger partial charge on any atom is 0.123 e. The van der Waals surface area contributed by atoms with Crippen LogP contribution in [0.15, 0.2) is 30.3 Å². The van der Waals surface area contributed by atoms with Gasteiger partial charge in [-0.2, -0.15) is 5.10 Å². The molecular formula is C17H24FN3. The molecule has 0 radical (unpaired) electrons. The first-order chi connectivity index (χ1) is 10.1. The first-order valence-corrected chi connectivity index (χ1v) is 7.69. The van der Waals surface area contributed by atoms with E-state index in [0.717, 1.165) is 36.2 Å². The normalized spacial score (nSPS) is 14.1.